The fourth-order valence-corrected chi connectivity index (χ4v) is 4.15. The summed E-state index contributed by atoms with van der Waals surface area (Å²) in [6, 6.07) is 22.9. The van der Waals surface area contributed by atoms with Crippen LogP contribution in [0.25, 0.3) is 0 Å². The number of rotatable bonds is 11. The Hall–Kier alpha value is -3.82. The van der Waals surface area contributed by atoms with Gasteiger partial charge in [-0.3, -0.25) is 9.59 Å². The molecule has 4 aromatic rings. The zero-order valence-corrected chi connectivity index (χ0v) is 23.6. The number of benzene rings is 3. The lowest BCUT2D eigenvalue weighted by Crippen LogP contribution is -3.00. The second-order valence-corrected chi connectivity index (χ2v) is 9.75. The minimum Gasteiger partial charge on any atom is -1.00 e. The van der Waals surface area contributed by atoms with Crippen LogP contribution >= 0.6 is 11.8 Å². The summed E-state index contributed by atoms with van der Waals surface area (Å²) in [7, 11) is 0. The third-order valence-electron chi connectivity index (χ3n) is 5.68. The van der Waals surface area contributed by atoms with Crippen molar-refractivity contribution >= 4 is 35.0 Å². The maximum atomic E-state index is 12.7. The lowest BCUT2D eigenvalue weighted by molar-refractivity contribution is -0.752. The topological polar surface area (TPSA) is 97.3 Å². The van der Waals surface area contributed by atoms with Crippen LogP contribution in [0.4, 0.5) is 11.4 Å². The molecule has 0 aliphatic heterocycles. The van der Waals surface area contributed by atoms with Crippen LogP contribution < -0.4 is 32.5 Å². The lowest BCUT2D eigenvalue weighted by Gasteiger charge is -2.04. The zero-order valence-electron chi connectivity index (χ0n) is 22.1. The van der Waals surface area contributed by atoms with E-state index < -0.39 is 0 Å². The van der Waals surface area contributed by atoms with Crippen LogP contribution in [-0.2, 0) is 29.2 Å². The van der Waals surface area contributed by atoms with E-state index in [0.717, 1.165) is 35.0 Å². The summed E-state index contributed by atoms with van der Waals surface area (Å²) in [5.41, 5.74) is 4.85. The quantitative estimate of drug-likeness (QED) is 0.213. The number of carbonyl (C=O) groups is 2. The largest absolute Gasteiger partial charge is 1.00 e. The minimum atomic E-state index is -0.255. The van der Waals surface area contributed by atoms with Crippen molar-refractivity contribution in [1.29, 1.82) is 0 Å². The van der Waals surface area contributed by atoms with Gasteiger partial charge in [-0.1, -0.05) is 66.2 Å². The van der Waals surface area contributed by atoms with Crippen LogP contribution in [0.15, 0.2) is 82.4 Å². The number of amides is 2. The van der Waals surface area contributed by atoms with Gasteiger partial charge in [-0.05, 0) is 66.9 Å². The number of hydrogen-bond donors (Lipinski definition) is 2. The standard InChI is InChI=1S/C29H30N4O4S.ClH/c1-4-22-9-15-25(16-10-22)36-18-28-33(17-26(34)30-23-11-5-20(2)6-12-23)32-29(37-28)38-19-27(35)31-24-13-7-21(3)8-14-24;/h5-16H,4,17-19H2,1-3H3,(H-,30,31,34,35);1H. The van der Waals surface area contributed by atoms with Gasteiger partial charge >= 0.3 is 11.1 Å². The molecule has 0 saturated heterocycles. The molecule has 0 aliphatic rings. The number of carbonyl (C=O) groups excluding carboxylic acids is 2. The van der Waals surface area contributed by atoms with E-state index in [9.17, 15) is 9.59 Å². The van der Waals surface area contributed by atoms with Gasteiger partial charge < -0.3 is 32.2 Å². The van der Waals surface area contributed by atoms with Crippen LogP contribution in [-0.4, -0.2) is 22.7 Å². The molecule has 0 atom stereocenters. The second kappa shape index (κ2) is 14.4. The van der Waals surface area contributed by atoms with Crippen molar-refractivity contribution in [3.05, 3.63) is 95.4 Å². The van der Waals surface area contributed by atoms with Gasteiger partial charge in [0, 0.05) is 11.4 Å². The first-order chi connectivity index (χ1) is 18.4. The predicted molar refractivity (Wildman–Crippen MR) is 147 cm³/mol. The van der Waals surface area contributed by atoms with E-state index in [4.69, 9.17) is 9.15 Å². The molecule has 8 nitrogen and oxygen atoms in total. The molecule has 1 aromatic heterocycles. The zero-order chi connectivity index (χ0) is 26.9. The smallest absolute Gasteiger partial charge is 0.414 e. The summed E-state index contributed by atoms with van der Waals surface area (Å²) in [5, 5.41) is 10.4. The molecule has 2 N–H and O–H groups in total. The van der Waals surface area contributed by atoms with E-state index in [-0.39, 0.29) is 48.3 Å². The summed E-state index contributed by atoms with van der Waals surface area (Å²) in [4.78, 5) is 25.2. The molecular weight excluding hydrogens is 536 g/mol. The Labute approximate surface area is 238 Å². The van der Waals surface area contributed by atoms with Gasteiger partial charge in [-0.2, -0.15) is 0 Å². The number of hydrogen-bond acceptors (Lipinski definition) is 6. The number of ether oxygens (including phenoxy) is 1. The number of nitrogens with one attached hydrogen (secondary N) is 2. The highest BCUT2D eigenvalue weighted by molar-refractivity contribution is 7.99. The highest BCUT2D eigenvalue weighted by Gasteiger charge is 2.26. The van der Waals surface area contributed by atoms with Gasteiger partial charge in [-0.15, -0.1) is 0 Å². The van der Waals surface area contributed by atoms with E-state index in [1.54, 1.807) is 0 Å². The van der Waals surface area contributed by atoms with Crippen LogP contribution in [0.5, 0.6) is 5.75 Å². The number of aryl methyl sites for hydroxylation is 3. The second-order valence-electron chi connectivity index (χ2n) is 8.82. The van der Waals surface area contributed by atoms with E-state index >= 15 is 0 Å². The van der Waals surface area contributed by atoms with Crippen molar-refractivity contribution in [2.75, 3.05) is 16.4 Å². The number of anilines is 2. The first-order valence-electron chi connectivity index (χ1n) is 12.4. The summed E-state index contributed by atoms with van der Waals surface area (Å²) in [6.07, 6.45) is 0.941. The van der Waals surface area contributed by atoms with Gasteiger partial charge in [0.25, 0.3) is 12.5 Å². The average Bonchev–Trinajstić information content (AvgIpc) is 3.30. The van der Waals surface area contributed by atoms with Gasteiger partial charge in [-0.25, -0.2) is 0 Å². The number of aromatic nitrogens is 2. The van der Waals surface area contributed by atoms with E-state index in [1.807, 2.05) is 86.6 Å². The maximum Gasteiger partial charge on any atom is 0.414 e. The summed E-state index contributed by atoms with van der Waals surface area (Å²) < 4.78 is 13.3. The summed E-state index contributed by atoms with van der Waals surface area (Å²) in [5.74, 6) is 0.706. The van der Waals surface area contributed by atoms with Gasteiger partial charge in [0.1, 0.15) is 5.75 Å². The molecule has 0 radical (unpaired) electrons. The van der Waals surface area contributed by atoms with Crippen molar-refractivity contribution in [3.8, 4) is 5.75 Å². The summed E-state index contributed by atoms with van der Waals surface area (Å²) >= 11 is 1.15. The normalized spacial score (nSPS) is 10.4. The molecule has 0 bridgehead atoms. The molecule has 0 aliphatic carbocycles. The van der Waals surface area contributed by atoms with Crippen molar-refractivity contribution in [3.63, 3.8) is 0 Å². The van der Waals surface area contributed by atoms with E-state index in [1.165, 1.54) is 10.2 Å². The van der Waals surface area contributed by atoms with Crippen LogP contribution in [0.1, 0.15) is 29.5 Å². The van der Waals surface area contributed by atoms with Crippen molar-refractivity contribution in [1.82, 2.24) is 5.10 Å². The predicted octanol–water partition coefficient (Wildman–Crippen LogP) is 2.09. The molecule has 0 saturated carbocycles. The molecule has 204 valence electrons. The Morgan fingerprint density at radius 2 is 1.44 bits per heavy atom. The Morgan fingerprint density at radius 1 is 0.872 bits per heavy atom. The van der Waals surface area contributed by atoms with Crippen molar-refractivity contribution in [2.24, 2.45) is 0 Å². The SMILES string of the molecule is CCc1ccc(OCc2oc(SCC(=O)Nc3ccc(C)cc3)n[n+]2CC(=O)Nc2ccc(C)cc2)cc1.[Cl-]. The fraction of sp³-hybridized carbons (Fsp3) is 0.241. The van der Waals surface area contributed by atoms with Gasteiger partial charge in [0.05, 0.1) is 10.9 Å². The Morgan fingerprint density at radius 3 is 2.00 bits per heavy atom. The third-order valence-corrected chi connectivity index (χ3v) is 6.50. The minimum absolute atomic E-state index is 0. The molecule has 10 heteroatoms. The van der Waals surface area contributed by atoms with Crippen LogP contribution in [0, 0.1) is 13.8 Å². The Balaban J connectivity index is 0.00000420. The molecule has 39 heavy (non-hydrogen) atoms. The fourth-order valence-electron chi connectivity index (χ4n) is 3.52. The third kappa shape index (κ3) is 9.15. The van der Waals surface area contributed by atoms with Crippen molar-refractivity contribution in [2.45, 2.75) is 45.6 Å². The van der Waals surface area contributed by atoms with Crippen LogP contribution in [0.3, 0.4) is 0 Å². The Kier molecular flexibility index (Phi) is 11.0. The first kappa shape index (κ1) is 29.7. The van der Waals surface area contributed by atoms with Crippen LogP contribution in [0.2, 0.25) is 0 Å². The highest BCUT2D eigenvalue weighted by atomic mass is 35.5. The molecule has 0 unspecified atom stereocenters. The Bertz CT molecular complexity index is 1370. The molecule has 0 fully saturated rings. The molecule has 4 rings (SSSR count). The van der Waals surface area contributed by atoms with E-state index in [2.05, 4.69) is 22.7 Å². The van der Waals surface area contributed by atoms with E-state index in [0.29, 0.717) is 17.3 Å². The lowest BCUT2D eigenvalue weighted by atomic mass is 10.2. The highest BCUT2D eigenvalue weighted by Crippen LogP contribution is 2.19. The maximum absolute atomic E-state index is 12.7. The van der Waals surface area contributed by atoms with Gasteiger partial charge in [0.2, 0.25) is 12.5 Å². The molecule has 1 heterocycles. The monoisotopic (exact) mass is 566 g/mol. The number of halogens is 1. The van der Waals surface area contributed by atoms with Gasteiger partial charge in [0.15, 0.2) is 0 Å². The molecular formula is C29H31ClN4O4S. The first-order valence-corrected chi connectivity index (χ1v) is 13.3. The molecule has 2 amide bonds. The van der Waals surface area contributed by atoms with Crippen molar-refractivity contribution < 1.29 is 35.8 Å². The molecule has 3 aromatic carbocycles. The average molecular weight is 567 g/mol. The number of thioether (sulfide) groups is 1. The molecule has 0 spiro atoms. The number of nitrogens with zero attached hydrogens (tertiary/aromatic N) is 2. The summed E-state index contributed by atoms with van der Waals surface area (Å²) in [6.45, 7) is 6.07.